The number of methoxy groups -OCH3 is 1. The van der Waals surface area contributed by atoms with Gasteiger partial charge in [-0.05, 0) is 26.0 Å². The van der Waals surface area contributed by atoms with E-state index in [1.54, 1.807) is 13.2 Å². The minimum atomic E-state index is 0.00965. The Balaban J connectivity index is 2.59. The van der Waals surface area contributed by atoms with Crippen molar-refractivity contribution in [1.29, 1.82) is 0 Å². The molecule has 0 aliphatic carbocycles. The summed E-state index contributed by atoms with van der Waals surface area (Å²) in [4.78, 5) is 19.8. The first kappa shape index (κ1) is 11.7. The van der Waals surface area contributed by atoms with Crippen molar-refractivity contribution in [3.63, 3.8) is 0 Å². The predicted molar refractivity (Wildman–Crippen MR) is 75.9 cm³/mol. The SMILES string of the molecule is COc1cc(C)nc2c1ccc1c(=O)cc(C)[nH]c12. The van der Waals surface area contributed by atoms with E-state index < -0.39 is 0 Å². The van der Waals surface area contributed by atoms with Crippen LogP contribution in [-0.4, -0.2) is 17.1 Å². The molecule has 0 fully saturated rings. The molecule has 0 saturated carbocycles. The molecule has 1 aromatic carbocycles. The van der Waals surface area contributed by atoms with Crippen LogP contribution >= 0.6 is 0 Å². The summed E-state index contributed by atoms with van der Waals surface area (Å²) in [6.45, 7) is 3.78. The zero-order valence-electron chi connectivity index (χ0n) is 11.1. The molecule has 96 valence electrons. The maximum absolute atomic E-state index is 12.0. The van der Waals surface area contributed by atoms with Crippen LogP contribution in [0, 0.1) is 13.8 Å². The number of aryl methyl sites for hydroxylation is 2. The third kappa shape index (κ3) is 1.76. The molecular weight excluding hydrogens is 240 g/mol. The summed E-state index contributed by atoms with van der Waals surface area (Å²) in [5.74, 6) is 0.770. The highest BCUT2D eigenvalue weighted by Crippen LogP contribution is 2.29. The Morgan fingerprint density at radius 3 is 2.63 bits per heavy atom. The monoisotopic (exact) mass is 254 g/mol. The number of pyridine rings is 2. The van der Waals surface area contributed by atoms with E-state index in [4.69, 9.17) is 4.74 Å². The highest BCUT2D eigenvalue weighted by molar-refractivity contribution is 6.04. The van der Waals surface area contributed by atoms with Gasteiger partial charge in [0.1, 0.15) is 5.75 Å². The number of nitrogens with one attached hydrogen (secondary N) is 1. The Morgan fingerprint density at radius 2 is 1.89 bits per heavy atom. The molecule has 3 aromatic rings. The summed E-state index contributed by atoms with van der Waals surface area (Å²) in [5, 5.41) is 1.56. The zero-order chi connectivity index (χ0) is 13.6. The zero-order valence-corrected chi connectivity index (χ0v) is 11.1. The highest BCUT2D eigenvalue weighted by Gasteiger charge is 2.10. The minimum Gasteiger partial charge on any atom is -0.496 e. The van der Waals surface area contributed by atoms with Gasteiger partial charge in [-0.15, -0.1) is 0 Å². The number of aromatic amines is 1. The third-order valence-corrected chi connectivity index (χ3v) is 3.23. The van der Waals surface area contributed by atoms with Crippen molar-refractivity contribution in [3.05, 3.63) is 45.9 Å². The summed E-state index contributed by atoms with van der Waals surface area (Å²) >= 11 is 0. The van der Waals surface area contributed by atoms with Gasteiger partial charge in [-0.2, -0.15) is 0 Å². The molecule has 0 aliphatic heterocycles. The van der Waals surface area contributed by atoms with Crippen molar-refractivity contribution in [2.24, 2.45) is 0 Å². The van der Waals surface area contributed by atoms with Crippen LogP contribution in [0.3, 0.4) is 0 Å². The minimum absolute atomic E-state index is 0.00965. The van der Waals surface area contributed by atoms with E-state index in [-0.39, 0.29) is 5.43 Å². The number of hydrogen-bond acceptors (Lipinski definition) is 3. The van der Waals surface area contributed by atoms with Gasteiger partial charge in [0, 0.05) is 34.3 Å². The smallest absolute Gasteiger partial charge is 0.189 e. The average molecular weight is 254 g/mol. The number of rotatable bonds is 1. The largest absolute Gasteiger partial charge is 0.496 e. The fraction of sp³-hybridized carbons (Fsp3) is 0.200. The summed E-state index contributed by atoms with van der Waals surface area (Å²) in [7, 11) is 1.64. The van der Waals surface area contributed by atoms with Crippen LogP contribution in [-0.2, 0) is 0 Å². The first-order valence-electron chi connectivity index (χ1n) is 6.08. The number of ether oxygens (including phenoxy) is 1. The van der Waals surface area contributed by atoms with Gasteiger partial charge in [-0.1, -0.05) is 0 Å². The molecule has 2 aromatic heterocycles. The number of benzene rings is 1. The maximum atomic E-state index is 12.0. The number of aromatic nitrogens is 2. The molecule has 0 bridgehead atoms. The highest BCUT2D eigenvalue weighted by atomic mass is 16.5. The topological polar surface area (TPSA) is 55.0 Å². The molecule has 4 nitrogen and oxygen atoms in total. The van der Waals surface area contributed by atoms with Crippen LogP contribution in [0.25, 0.3) is 21.8 Å². The Hall–Kier alpha value is -2.36. The van der Waals surface area contributed by atoms with Crippen molar-refractivity contribution < 1.29 is 4.74 Å². The summed E-state index contributed by atoms with van der Waals surface area (Å²) in [6.07, 6.45) is 0. The lowest BCUT2D eigenvalue weighted by molar-refractivity contribution is 0.419. The average Bonchev–Trinajstić information content (AvgIpc) is 2.37. The molecule has 0 spiro atoms. The molecule has 0 amide bonds. The van der Waals surface area contributed by atoms with Crippen molar-refractivity contribution in [3.8, 4) is 5.75 Å². The van der Waals surface area contributed by atoms with E-state index in [0.29, 0.717) is 5.39 Å². The van der Waals surface area contributed by atoms with E-state index >= 15 is 0 Å². The molecule has 1 N–H and O–H groups in total. The first-order valence-corrected chi connectivity index (χ1v) is 6.08. The molecule has 0 radical (unpaired) electrons. The van der Waals surface area contributed by atoms with Gasteiger partial charge in [-0.3, -0.25) is 9.78 Å². The van der Waals surface area contributed by atoms with Crippen molar-refractivity contribution in [2.75, 3.05) is 7.11 Å². The van der Waals surface area contributed by atoms with Crippen LogP contribution in [0.2, 0.25) is 0 Å². The van der Waals surface area contributed by atoms with Gasteiger partial charge in [0.25, 0.3) is 0 Å². The lowest BCUT2D eigenvalue weighted by Crippen LogP contribution is -2.04. The van der Waals surface area contributed by atoms with Crippen LogP contribution < -0.4 is 10.2 Å². The van der Waals surface area contributed by atoms with E-state index in [9.17, 15) is 4.79 Å². The van der Waals surface area contributed by atoms with Gasteiger partial charge in [0.2, 0.25) is 0 Å². The van der Waals surface area contributed by atoms with E-state index in [1.165, 1.54) is 0 Å². The van der Waals surface area contributed by atoms with Gasteiger partial charge in [0.15, 0.2) is 5.43 Å². The first-order chi connectivity index (χ1) is 9.10. The second kappa shape index (κ2) is 4.09. The van der Waals surface area contributed by atoms with Gasteiger partial charge < -0.3 is 9.72 Å². The molecule has 0 atom stereocenters. The van der Waals surface area contributed by atoms with Gasteiger partial charge >= 0.3 is 0 Å². The number of hydrogen-bond donors (Lipinski definition) is 1. The Morgan fingerprint density at radius 1 is 1.16 bits per heavy atom. The molecule has 19 heavy (non-hydrogen) atoms. The second-order valence-electron chi connectivity index (χ2n) is 4.67. The van der Waals surface area contributed by atoms with Crippen LogP contribution in [0.5, 0.6) is 5.75 Å². The van der Waals surface area contributed by atoms with E-state index in [1.807, 2.05) is 32.0 Å². The van der Waals surface area contributed by atoms with Crippen LogP contribution in [0.4, 0.5) is 0 Å². The Labute approximate surface area is 110 Å². The summed E-state index contributed by atoms with van der Waals surface area (Å²) < 4.78 is 5.39. The second-order valence-corrected chi connectivity index (χ2v) is 4.67. The van der Waals surface area contributed by atoms with E-state index in [0.717, 1.165) is 33.6 Å². The van der Waals surface area contributed by atoms with Crippen molar-refractivity contribution in [2.45, 2.75) is 13.8 Å². The number of fused-ring (bicyclic) bond motifs is 3. The third-order valence-electron chi connectivity index (χ3n) is 3.23. The normalized spacial score (nSPS) is 11.1. The number of nitrogens with zero attached hydrogens (tertiary/aromatic N) is 1. The van der Waals surface area contributed by atoms with Crippen LogP contribution in [0.15, 0.2) is 29.1 Å². The van der Waals surface area contributed by atoms with Gasteiger partial charge in [-0.25, -0.2) is 0 Å². The van der Waals surface area contributed by atoms with Crippen molar-refractivity contribution >= 4 is 21.8 Å². The van der Waals surface area contributed by atoms with E-state index in [2.05, 4.69) is 9.97 Å². The quantitative estimate of drug-likeness (QED) is 0.679. The molecule has 0 aliphatic rings. The Bertz CT molecular complexity index is 850. The Kier molecular flexibility index (Phi) is 2.52. The van der Waals surface area contributed by atoms with Crippen LogP contribution in [0.1, 0.15) is 11.4 Å². The predicted octanol–water partition coefficient (Wildman–Crippen LogP) is 2.70. The fourth-order valence-corrected chi connectivity index (χ4v) is 2.39. The standard InChI is InChI=1S/C15H14N2O2/c1-8-6-12(18)10-4-5-11-13(19-3)7-9(2)17-15(11)14(10)16-8/h4-7H,1-3H3,(H,16,18). The van der Waals surface area contributed by atoms with Gasteiger partial charge in [0.05, 0.1) is 18.1 Å². The lowest BCUT2D eigenvalue weighted by Gasteiger charge is -2.09. The molecular formula is C15H14N2O2. The van der Waals surface area contributed by atoms with Crippen molar-refractivity contribution in [1.82, 2.24) is 9.97 Å². The molecule has 0 saturated heterocycles. The fourth-order valence-electron chi connectivity index (χ4n) is 2.39. The maximum Gasteiger partial charge on any atom is 0.189 e. The lowest BCUT2D eigenvalue weighted by atomic mass is 10.1. The number of H-pyrrole nitrogens is 1. The summed E-state index contributed by atoms with van der Waals surface area (Å²) in [6, 6.07) is 7.19. The molecule has 2 heterocycles. The molecule has 3 rings (SSSR count). The molecule has 0 unspecified atom stereocenters. The summed E-state index contributed by atoms with van der Waals surface area (Å²) in [5.41, 5.74) is 3.24. The molecule has 4 heteroatoms.